The van der Waals surface area contributed by atoms with Crippen LogP contribution in [0.4, 0.5) is 5.69 Å². The van der Waals surface area contributed by atoms with Gasteiger partial charge in [-0.25, -0.2) is 0 Å². The van der Waals surface area contributed by atoms with Crippen LogP contribution in [0, 0.1) is 11.8 Å². The molecule has 2 rings (SSSR count). The zero-order valence-corrected chi connectivity index (χ0v) is 14.0. The fourth-order valence-electron chi connectivity index (χ4n) is 3.35. The average Bonchev–Trinajstić information content (AvgIpc) is 2.43. The van der Waals surface area contributed by atoms with Gasteiger partial charge in [0.1, 0.15) is 0 Å². The molecule has 1 saturated heterocycles. The number of hydrogen-bond donors (Lipinski definition) is 1. The van der Waals surface area contributed by atoms with E-state index in [1.54, 1.807) is 0 Å². The molecule has 112 valence electrons. The normalized spacial score (nSPS) is 26.9. The minimum Gasteiger partial charge on any atom is -0.368 e. The highest BCUT2D eigenvalue weighted by atomic mass is 32.2. The summed E-state index contributed by atoms with van der Waals surface area (Å²) in [6, 6.07) is 7.24. The van der Waals surface area contributed by atoms with Crippen molar-refractivity contribution in [3.63, 3.8) is 0 Å². The molecule has 1 aliphatic heterocycles. The van der Waals surface area contributed by atoms with Crippen molar-refractivity contribution < 1.29 is 0 Å². The quantitative estimate of drug-likeness (QED) is 0.846. The first-order chi connectivity index (χ1) is 9.58. The first kappa shape index (κ1) is 15.7. The van der Waals surface area contributed by atoms with Crippen molar-refractivity contribution in [1.29, 1.82) is 0 Å². The lowest BCUT2D eigenvalue weighted by Gasteiger charge is -2.43. The van der Waals surface area contributed by atoms with Crippen LogP contribution in [0.25, 0.3) is 0 Å². The summed E-state index contributed by atoms with van der Waals surface area (Å²) in [4.78, 5) is 3.94. The first-order valence-electron chi connectivity index (χ1n) is 7.79. The molecule has 2 N–H and O–H groups in total. The third kappa shape index (κ3) is 3.15. The molecule has 0 amide bonds. The Morgan fingerprint density at radius 2 is 2.05 bits per heavy atom. The Hall–Kier alpha value is -0.670. The van der Waals surface area contributed by atoms with E-state index in [2.05, 4.69) is 50.8 Å². The minimum absolute atomic E-state index is 0.596. The number of rotatable bonds is 4. The second kappa shape index (κ2) is 6.86. The molecule has 3 unspecified atom stereocenters. The van der Waals surface area contributed by atoms with Crippen molar-refractivity contribution >= 4 is 17.4 Å². The molecule has 0 aliphatic carbocycles. The molecule has 0 radical (unpaired) electrons. The topological polar surface area (TPSA) is 29.3 Å². The molecular weight excluding hydrogens is 264 g/mol. The maximum atomic E-state index is 6.06. The van der Waals surface area contributed by atoms with Crippen molar-refractivity contribution in [2.75, 3.05) is 17.2 Å². The molecule has 0 saturated carbocycles. The lowest BCUT2D eigenvalue weighted by molar-refractivity contribution is 0.296. The van der Waals surface area contributed by atoms with Crippen LogP contribution < -0.4 is 10.6 Å². The molecule has 1 fully saturated rings. The largest absolute Gasteiger partial charge is 0.368 e. The molecule has 1 aromatic rings. The van der Waals surface area contributed by atoms with E-state index in [0.29, 0.717) is 12.6 Å². The third-order valence-corrected chi connectivity index (χ3v) is 5.50. The van der Waals surface area contributed by atoms with Gasteiger partial charge in [0.15, 0.2) is 0 Å². The van der Waals surface area contributed by atoms with Gasteiger partial charge in [0.2, 0.25) is 0 Å². The second-order valence-corrected chi connectivity index (χ2v) is 7.41. The highest BCUT2D eigenvalue weighted by Crippen LogP contribution is 2.36. The number of thioether (sulfide) groups is 1. The summed E-state index contributed by atoms with van der Waals surface area (Å²) in [5.74, 6) is 2.60. The average molecular weight is 292 g/mol. The first-order valence-corrected chi connectivity index (χ1v) is 8.78. The van der Waals surface area contributed by atoms with Crippen LogP contribution in [-0.2, 0) is 6.54 Å². The van der Waals surface area contributed by atoms with Gasteiger partial charge in [-0.05, 0) is 43.1 Å². The van der Waals surface area contributed by atoms with E-state index >= 15 is 0 Å². The van der Waals surface area contributed by atoms with Crippen LogP contribution >= 0.6 is 11.8 Å². The van der Waals surface area contributed by atoms with Crippen LogP contribution in [0.1, 0.15) is 39.7 Å². The van der Waals surface area contributed by atoms with Crippen molar-refractivity contribution in [3.8, 4) is 0 Å². The smallest absolute Gasteiger partial charge is 0.0425 e. The Kier molecular flexibility index (Phi) is 5.39. The van der Waals surface area contributed by atoms with Gasteiger partial charge in [0.25, 0.3) is 0 Å². The van der Waals surface area contributed by atoms with Gasteiger partial charge in [-0.2, -0.15) is 0 Å². The Balaban J connectivity index is 2.37. The zero-order valence-electron chi connectivity index (χ0n) is 13.2. The van der Waals surface area contributed by atoms with Gasteiger partial charge >= 0.3 is 0 Å². The summed E-state index contributed by atoms with van der Waals surface area (Å²) >= 11 is 1.90. The Morgan fingerprint density at radius 3 is 2.70 bits per heavy atom. The molecule has 1 aliphatic rings. The highest BCUT2D eigenvalue weighted by molar-refractivity contribution is 7.99. The van der Waals surface area contributed by atoms with E-state index in [1.165, 1.54) is 22.6 Å². The van der Waals surface area contributed by atoms with Crippen molar-refractivity contribution in [3.05, 3.63) is 23.8 Å². The fourth-order valence-corrected chi connectivity index (χ4v) is 4.20. The van der Waals surface area contributed by atoms with Crippen LogP contribution in [0.5, 0.6) is 0 Å². The van der Waals surface area contributed by atoms with Crippen LogP contribution in [0.15, 0.2) is 23.1 Å². The molecule has 0 spiro atoms. The fraction of sp³-hybridized carbons (Fsp3) is 0.647. The number of benzene rings is 1. The predicted molar refractivity (Wildman–Crippen MR) is 90.5 cm³/mol. The lowest BCUT2D eigenvalue weighted by atomic mass is 9.85. The van der Waals surface area contributed by atoms with Crippen LogP contribution in [0.2, 0.25) is 0 Å². The highest BCUT2D eigenvalue weighted by Gasteiger charge is 2.30. The van der Waals surface area contributed by atoms with Gasteiger partial charge in [-0.3, -0.25) is 0 Å². The van der Waals surface area contributed by atoms with Gasteiger partial charge in [-0.15, -0.1) is 11.8 Å². The van der Waals surface area contributed by atoms with E-state index in [4.69, 9.17) is 5.73 Å². The van der Waals surface area contributed by atoms with Gasteiger partial charge in [-0.1, -0.05) is 26.8 Å². The molecular formula is C17H28N2S. The van der Waals surface area contributed by atoms with Gasteiger partial charge < -0.3 is 10.6 Å². The summed E-state index contributed by atoms with van der Waals surface area (Å²) in [5.41, 5.74) is 8.75. The molecule has 3 heteroatoms. The van der Waals surface area contributed by atoms with Crippen molar-refractivity contribution in [2.45, 2.75) is 51.6 Å². The van der Waals surface area contributed by atoms with E-state index in [9.17, 15) is 0 Å². The Morgan fingerprint density at radius 1 is 1.30 bits per heavy atom. The Labute approximate surface area is 128 Å². The second-order valence-electron chi connectivity index (χ2n) is 6.10. The number of anilines is 1. The van der Waals surface area contributed by atoms with E-state index in [1.807, 2.05) is 11.8 Å². The molecule has 3 atom stereocenters. The number of nitrogens with zero attached hydrogens (tertiary/aromatic N) is 1. The lowest BCUT2D eigenvalue weighted by Crippen LogP contribution is -2.46. The van der Waals surface area contributed by atoms with E-state index < -0.39 is 0 Å². The molecule has 1 heterocycles. The van der Waals surface area contributed by atoms with Crippen molar-refractivity contribution in [1.82, 2.24) is 0 Å². The molecule has 20 heavy (non-hydrogen) atoms. The van der Waals surface area contributed by atoms with E-state index in [-0.39, 0.29) is 0 Å². The minimum atomic E-state index is 0.596. The zero-order chi connectivity index (χ0) is 14.7. The van der Waals surface area contributed by atoms with Crippen LogP contribution in [-0.4, -0.2) is 18.3 Å². The molecule has 2 nitrogen and oxygen atoms in total. The molecule has 0 bridgehead atoms. The van der Waals surface area contributed by atoms with Crippen LogP contribution in [0.3, 0.4) is 0 Å². The molecule has 0 aromatic heterocycles. The Bertz CT molecular complexity index is 447. The monoisotopic (exact) mass is 292 g/mol. The van der Waals surface area contributed by atoms with Gasteiger partial charge in [0.05, 0.1) is 0 Å². The number of nitrogens with two attached hydrogens (primary N) is 1. The molecule has 1 aromatic carbocycles. The summed E-state index contributed by atoms with van der Waals surface area (Å²) in [6.07, 6.45) is 1.33. The van der Waals surface area contributed by atoms with Gasteiger partial charge in [0, 0.05) is 35.3 Å². The van der Waals surface area contributed by atoms with E-state index in [0.717, 1.165) is 24.1 Å². The van der Waals surface area contributed by atoms with Crippen molar-refractivity contribution in [2.24, 2.45) is 17.6 Å². The summed E-state index contributed by atoms with van der Waals surface area (Å²) in [5, 5.41) is 0. The standard InChI is InChI=1S/C17H28N2S/c1-5-20-17-8-6-7-16(15(17)10-18)19-11-12(2)9-13(3)14(19)4/h6-8,12-14H,5,9-11,18H2,1-4H3. The SMILES string of the molecule is CCSc1cccc(N2CC(C)CC(C)C2C)c1CN. The summed E-state index contributed by atoms with van der Waals surface area (Å²) in [6.45, 7) is 11.1. The summed E-state index contributed by atoms with van der Waals surface area (Å²) in [7, 11) is 0. The number of hydrogen-bond acceptors (Lipinski definition) is 3. The maximum Gasteiger partial charge on any atom is 0.0425 e. The predicted octanol–water partition coefficient (Wildman–Crippen LogP) is 4.13. The third-order valence-electron chi connectivity index (χ3n) is 4.52. The maximum absolute atomic E-state index is 6.06. The number of piperidine rings is 1. The summed E-state index contributed by atoms with van der Waals surface area (Å²) < 4.78 is 0.